The summed E-state index contributed by atoms with van der Waals surface area (Å²) in [5.41, 5.74) is 6.17. The van der Waals surface area contributed by atoms with Crippen molar-refractivity contribution >= 4 is 27.0 Å². The number of hydrogen-bond donors (Lipinski definition) is 2. The van der Waals surface area contributed by atoms with Crippen LogP contribution in [0.2, 0.25) is 0 Å². The van der Waals surface area contributed by atoms with Crippen LogP contribution in [0.25, 0.3) is 0 Å². The van der Waals surface area contributed by atoms with E-state index in [0.717, 1.165) is 5.01 Å². The van der Waals surface area contributed by atoms with Gasteiger partial charge in [0, 0.05) is 17.3 Å². The summed E-state index contributed by atoms with van der Waals surface area (Å²) in [5, 5.41) is 2.56. The maximum absolute atomic E-state index is 12.2. The normalized spacial score (nSPS) is 12.5. The standard InChI is InChI=1S/C13H17N3O2S2/c1-13(2,12-15-7-8-19-12)16-20(17,18)9-10-3-5-11(14)6-4-10/h3-8,16H,9,14H2,1-2H3. The summed E-state index contributed by atoms with van der Waals surface area (Å²) in [6.07, 6.45) is 1.66. The number of anilines is 1. The van der Waals surface area contributed by atoms with E-state index in [-0.39, 0.29) is 5.75 Å². The van der Waals surface area contributed by atoms with Crippen LogP contribution in [-0.4, -0.2) is 13.4 Å². The summed E-state index contributed by atoms with van der Waals surface area (Å²) in [5.74, 6) is -0.0813. The zero-order chi connectivity index (χ0) is 14.8. The van der Waals surface area contributed by atoms with Gasteiger partial charge in [0.25, 0.3) is 0 Å². The number of nitrogens with zero attached hydrogens (tertiary/aromatic N) is 1. The summed E-state index contributed by atoms with van der Waals surface area (Å²) in [4.78, 5) is 4.17. The lowest BCUT2D eigenvalue weighted by Crippen LogP contribution is -2.41. The second-order valence-electron chi connectivity index (χ2n) is 5.06. The summed E-state index contributed by atoms with van der Waals surface area (Å²) < 4.78 is 27.1. The molecule has 0 saturated carbocycles. The van der Waals surface area contributed by atoms with Crippen LogP contribution in [0.1, 0.15) is 24.4 Å². The first-order chi connectivity index (χ1) is 9.28. The van der Waals surface area contributed by atoms with Gasteiger partial charge < -0.3 is 5.73 Å². The Morgan fingerprint density at radius 1 is 1.30 bits per heavy atom. The first kappa shape index (κ1) is 15.0. The molecule has 0 aliphatic carbocycles. The van der Waals surface area contributed by atoms with Crippen LogP contribution >= 0.6 is 11.3 Å². The van der Waals surface area contributed by atoms with E-state index in [2.05, 4.69) is 9.71 Å². The van der Waals surface area contributed by atoms with Crippen LogP contribution in [-0.2, 0) is 21.3 Å². The molecule has 0 spiro atoms. The highest BCUT2D eigenvalue weighted by atomic mass is 32.2. The number of nitrogens with two attached hydrogens (primary N) is 1. The summed E-state index contributed by atoms with van der Waals surface area (Å²) in [7, 11) is -3.46. The molecule has 0 aliphatic heterocycles. The molecule has 1 aromatic carbocycles. The number of sulfonamides is 1. The highest BCUT2D eigenvalue weighted by molar-refractivity contribution is 7.88. The fraction of sp³-hybridized carbons (Fsp3) is 0.308. The SMILES string of the molecule is CC(C)(NS(=O)(=O)Cc1ccc(N)cc1)c1nccs1. The number of thiazole rings is 1. The minimum Gasteiger partial charge on any atom is -0.399 e. The molecule has 1 heterocycles. The van der Waals surface area contributed by atoms with Gasteiger partial charge in [-0.05, 0) is 31.5 Å². The predicted molar refractivity (Wildman–Crippen MR) is 81.8 cm³/mol. The van der Waals surface area contributed by atoms with Gasteiger partial charge in [0.2, 0.25) is 10.0 Å². The van der Waals surface area contributed by atoms with Gasteiger partial charge in [-0.1, -0.05) is 12.1 Å². The molecule has 108 valence electrons. The molecular weight excluding hydrogens is 294 g/mol. The fourth-order valence-electron chi connectivity index (χ4n) is 1.83. The largest absolute Gasteiger partial charge is 0.399 e. The average molecular weight is 311 g/mol. The third kappa shape index (κ3) is 3.78. The quantitative estimate of drug-likeness (QED) is 0.828. The second kappa shape index (κ2) is 5.51. The molecule has 2 aromatic rings. The molecule has 0 radical (unpaired) electrons. The van der Waals surface area contributed by atoms with E-state index < -0.39 is 15.6 Å². The van der Waals surface area contributed by atoms with Crippen molar-refractivity contribution in [2.45, 2.75) is 25.1 Å². The lowest BCUT2D eigenvalue weighted by Gasteiger charge is -2.23. The Labute approximate surface area is 122 Å². The third-order valence-corrected chi connectivity index (χ3v) is 5.35. The van der Waals surface area contributed by atoms with E-state index in [1.807, 2.05) is 5.38 Å². The van der Waals surface area contributed by atoms with E-state index >= 15 is 0 Å². The van der Waals surface area contributed by atoms with E-state index in [4.69, 9.17) is 5.73 Å². The van der Waals surface area contributed by atoms with Crippen LogP contribution in [0, 0.1) is 0 Å². The van der Waals surface area contributed by atoms with Crippen LogP contribution in [0.4, 0.5) is 5.69 Å². The number of aromatic nitrogens is 1. The van der Waals surface area contributed by atoms with Crippen molar-refractivity contribution in [2.75, 3.05) is 5.73 Å². The molecule has 0 fully saturated rings. The average Bonchev–Trinajstić information content (AvgIpc) is 2.84. The Morgan fingerprint density at radius 3 is 2.50 bits per heavy atom. The Kier molecular flexibility index (Phi) is 4.12. The van der Waals surface area contributed by atoms with E-state index in [1.54, 1.807) is 44.3 Å². The molecule has 0 saturated heterocycles. The Balaban J connectivity index is 2.13. The first-order valence-electron chi connectivity index (χ1n) is 6.04. The molecule has 0 aliphatic rings. The maximum Gasteiger partial charge on any atom is 0.216 e. The van der Waals surface area contributed by atoms with Crippen molar-refractivity contribution < 1.29 is 8.42 Å². The van der Waals surface area contributed by atoms with Gasteiger partial charge in [0.15, 0.2) is 0 Å². The van der Waals surface area contributed by atoms with Gasteiger partial charge in [0.05, 0.1) is 11.3 Å². The zero-order valence-electron chi connectivity index (χ0n) is 11.3. The van der Waals surface area contributed by atoms with Gasteiger partial charge in [0.1, 0.15) is 5.01 Å². The topological polar surface area (TPSA) is 85.1 Å². The van der Waals surface area contributed by atoms with Gasteiger partial charge in [-0.25, -0.2) is 18.1 Å². The molecule has 7 heteroatoms. The predicted octanol–water partition coefficient (Wildman–Crippen LogP) is 2.08. The first-order valence-corrected chi connectivity index (χ1v) is 8.58. The lowest BCUT2D eigenvalue weighted by atomic mass is 10.1. The number of nitrogen functional groups attached to an aromatic ring is 1. The molecule has 0 atom stereocenters. The van der Waals surface area contributed by atoms with Crippen LogP contribution in [0.3, 0.4) is 0 Å². The highest BCUT2D eigenvalue weighted by Gasteiger charge is 2.29. The Hall–Kier alpha value is -1.44. The number of rotatable bonds is 5. The van der Waals surface area contributed by atoms with Crippen molar-refractivity contribution in [1.29, 1.82) is 0 Å². The smallest absolute Gasteiger partial charge is 0.216 e. The van der Waals surface area contributed by atoms with Crippen molar-refractivity contribution in [1.82, 2.24) is 9.71 Å². The fourth-order valence-corrected chi connectivity index (χ4v) is 4.19. The lowest BCUT2D eigenvalue weighted by molar-refractivity contribution is 0.469. The van der Waals surface area contributed by atoms with Crippen molar-refractivity contribution in [3.05, 3.63) is 46.4 Å². The Morgan fingerprint density at radius 2 is 1.95 bits per heavy atom. The van der Waals surface area contributed by atoms with Gasteiger partial charge >= 0.3 is 0 Å². The third-order valence-electron chi connectivity index (χ3n) is 2.71. The maximum atomic E-state index is 12.2. The monoisotopic (exact) mass is 311 g/mol. The molecule has 5 nitrogen and oxygen atoms in total. The number of nitrogens with one attached hydrogen (secondary N) is 1. The molecule has 20 heavy (non-hydrogen) atoms. The molecule has 3 N–H and O–H groups in total. The minimum absolute atomic E-state index is 0.0813. The van der Waals surface area contributed by atoms with Gasteiger partial charge in [-0.2, -0.15) is 0 Å². The van der Waals surface area contributed by atoms with Crippen molar-refractivity contribution in [2.24, 2.45) is 0 Å². The number of hydrogen-bond acceptors (Lipinski definition) is 5. The van der Waals surface area contributed by atoms with Gasteiger partial charge in [-0.3, -0.25) is 0 Å². The summed E-state index contributed by atoms with van der Waals surface area (Å²) in [6, 6.07) is 6.81. The molecule has 0 bridgehead atoms. The number of benzene rings is 1. The summed E-state index contributed by atoms with van der Waals surface area (Å²) in [6.45, 7) is 3.60. The van der Waals surface area contributed by atoms with E-state index in [0.29, 0.717) is 11.3 Å². The Bertz CT molecular complexity index is 662. The van der Waals surface area contributed by atoms with E-state index in [1.165, 1.54) is 11.3 Å². The van der Waals surface area contributed by atoms with Crippen LogP contribution in [0.15, 0.2) is 35.8 Å². The van der Waals surface area contributed by atoms with E-state index in [9.17, 15) is 8.42 Å². The molecule has 0 unspecified atom stereocenters. The highest BCUT2D eigenvalue weighted by Crippen LogP contribution is 2.23. The van der Waals surface area contributed by atoms with Crippen molar-refractivity contribution in [3.63, 3.8) is 0 Å². The molecule has 0 amide bonds. The van der Waals surface area contributed by atoms with Crippen LogP contribution in [0.5, 0.6) is 0 Å². The molecule has 2 rings (SSSR count). The van der Waals surface area contributed by atoms with Crippen LogP contribution < -0.4 is 10.5 Å². The second-order valence-corrected chi connectivity index (χ2v) is 7.68. The summed E-state index contributed by atoms with van der Waals surface area (Å²) >= 11 is 1.42. The zero-order valence-corrected chi connectivity index (χ0v) is 13.0. The van der Waals surface area contributed by atoms with Crippen molar-refractivity contribution in [3.8, 4) is 0 Å². The molecule has 1 aromatic heterocycles. The van der Waals surface area contributed by atoms with Gasteiger partial charge in [-0.15, -0.1) is 11.3 Å². The molecular formula is C13H17N3O2S2. The minimum atomic E-state index is -3.46.